The SMILES string of the molecule is O=C(NC(=O)c1ccsc1NC(=O)C1Nc2cnccc2S1)OC1CCCC1. The number of nitrogens with one attached hydrogen (secondary N) is 3. The van der Waals surface area contributed by atoms with Crippen LogP contribution in [0.15, 0.2) is 34.8 Å². The topological polar surface area (TPSA) is 109 Å². The first-order valence-electron chi connectivity index (χ1n) is 8.87. The maximum atomic E-state index is 12.6. The Morgan fingerprint density at radius 1 is 1.21 bits per heavy atom. The molecule has 1 fully saturated rings. The molecule has 146 valence electrons. The van der Waals surface area contributed by atoms with Crippen LogP contribution in [0.25, 0.3) is 0 Å². The molecule has 0 aromatic carbocycles. The van der Waals surface area contributed by atoms with Crippen molar-refractivity contribution in [3.8, 4) is 0 Å². The zero-order valence-electron chi connectivity index (χ0n) is 14.8. The van der Waals surface area contributed by atoms with Gasteiger partial charge in [0.25, 0.3) is 11.8 Å². The van der Waals surface area contributed by atoms with Gasteiger partial charge in [-0.05, 0) is 43.2 Å². The van der Waals surface area contributed by atoms with E-state index in [2.05, 4.69) is 20.9 Å². The van der Waals surface area contributed by atoms with E-state index in [1.165, 1.54) is 23.1 Å². The monoisotopic (exact) mass is 418 g/mol. The highest BCUT2D eigenvalue weighted by Crippen LogP contribution is 2.38. The van der Waals surface area contributed by atoms with E-state index in [0.29, 0.717) is 5.00 Å². The van der Waals surface area contributed by atoms with Crippen LogP contribution in [0.4, 0.5) is 15.5 Å². The van der Waals surface area contributed by atoms with E-state index in [1.807, 2.05) is 6.07 Å². The van der Waals surface area contributed by atoms with Crippen molar-refractivity contribution in [3.05, 3.63) is 35.5 Å². The number of thioether (sulfide) groups is 1. The quantitative estimate of drug-likeness (QED) is 0.698. The second-order valence-corrected chi connectivity index (χ2v) is 8.50. The number of ether oxygens (including phenoxy) is 1. The van der Waals surface area contributed by atoms with Gasteiger partial charge in [0.05, 0.1) is 17.4 Å². The van der Waals surface area contributed by atoms with Crippen molar-refractivity contribution in [2.24, 2.45) is 0 Å². The molecule has 0 radical (unpaired) electrons. The van der Waals surface area contributed by atoms with E-state index >= 15 is 0 Å². The van der Waals surface area contributed by atoms with Crippen molar-refractivity contribution in [1.29, 1.82) is 0 Å². The predicted molar refractivity (Wildman–Crippen MR) is 107 cm³/mol. The molecule has 3 amide bonds. The van der Waals surface area contributed by atoms with E-state index in [9.17, 15) is 14.4 Å². The molecule has 1 aliphatic carbocycles. The maximum Gasteiger partial charge on any atom is 0.414 e. The highest BCUT2D eigenvalue weighted by Gasteiger charge is 2.29. The van der Waals surface area contributed by atoms with Crippen molar-refractivity contribution in [1.82, 2.24) is 10.3 Å². The molecule has 1 atom stereocenters. The summed E-state index contributed by atoms with van der Waals surface area (Å²) in [7, 11) is 0. The van der Waals surface area contributed by atoms with Crippen molar-refractivity contribution in [3.63, 3.8) is 0 Å². The Balaban J connectivity index is 1.35. The summed E-state index contributed by atoms with van der Waals surface area (Å²) < 4.78 is 5.24. The van der Waals surface area contributed by atoms with Crippen molar-refractivity contribution >= 4 is 51.7 Å². The third-order valence-electron chi connectivity index (χ3n) is 4.49. The Morgan fingerprint density at radius 2 is 2.04 bits per heavy atom. The smallest absolute Gasteiger partial charge is 0.414 e. The van der Waals surface area contributed by atoms with Crippen LogP contribution in [0.2, 0.25) is 0 Å². The molecule has 2 aromatic rings. The van der Waals surface area contributed by atoms with Gasteiger partial charge < -0.3 is 15.4 Å². The van der Waals surface area contributed by atoms with Gasteiger partial charge in [-0.15, -0.1) is 11.3 Å². The van der Waals surface area contributed by atoms with Crippen molar-refractivity contribution in [2.45, 2.75) is 42.1 Å². The number of hydrogen-bond acceptors (Lipinski definition) is 8. The molecule has 4 rings (SSSR count). The van der Waals surface area contributed by atoms with E-state index in [1.54, 1.807) is 23.8 Å². The Kier molecular flexibility index (Phi) is 5.49. The predicted octanol–water partition coefficient (Wildman–Crippen LogP) is 3.43. The van der Waals surface area contributed by atoms with Gasteiger partial charge in [0.15, 0.2) is 5.37 Å². The van der Waals surface area contributed by atoms with Crippen LogP contribution in [0.5, 0.6) is 0 Å². The van der Waals surface area contributed by atoms with Crippen molar-refractivity contribution < 1.29 is 19.1 Å². The van der Waals surface area contributed by atoms with E-state index in [-0.39, 0.29) is 17.6 Å². The van der Waals surface area contributed by atoms with Gasteiger partial charge in [-0.2, -0.15) is 0 Å². The third kappa shape index (κ3) is 4.12. The largest absolute Gasteiger partial charge is 0.446 e. The van der Waals surface area contributed by atoms with Crippen LogP contribution < -0.4 is 16.0 Å². The number of amides is 3. The fourth-order valence-electron chi connectivity index (χ4n) is 3.12. The summed E-state index contributed by atoms with van der Waals surface area (Å²) in [6.45, 7) is 0. The standard InChI is InChI=1S/C18H18N4O4S2/c23-14(22-18(25)26-10-3-1-2-4-10)11-6-8-27-16(11)21-15(24)17-20-12-9-19-7-5-13(12)28-17/h5-10,17,20H,1-4H2,(H,21,24)(H,22,23,25). The summed E-state index contributed by atoms with van der Waals surface area (Å²) >= 11 is 2.59. The lowest BCUT2D eigenvalue weighted by Gasteiger charge is -2.13. The molecule has 0 spiro atoms. The molecule has 3 N–H and O–H groups in total. The van der Waals surface area contributed by atoms with Crippen LogP contribution in [0, 0.1) is 0 Å². The highest BCUT2D eigenvalue weighted by molar-refractivity contribution is 8.01. The van der Waals surface area contributed by atoms with Gasteiger partial charge in [-0.3, -0.25) is 19.9 Å². The number of carbonyl (C=O) groups is 3. The summed E-state index contributed by atoms with van der Waals surface area (Å²) in [4.78, 5) is 41.9. The summed E-state index contributed by atoms with van der Waals surface area (Å²) in [6.07, 6.45) is 6.15. The summed E-state index contributed by atoms with van der Waals surface area (Å²) in [5.41, 5.74) is 1.02. The van der Waals surface area contributed by atoms with Gasteiger partial charge in [-0.25, -0.2) is 4.79 Å². The first-order valence-corrected chi connectivity index (χ1v) is 10.6. The molecule has 0 saturated heterocycles. The molecule has 0 bridgehead atoms. The fraction of sp³-hybridized carbons (Fsp3) is 0.333. The first-order chi connectivity index (χ1) is 13.6. The van der Waals surface area contributed by atoms with Gasteiger partial charge in [-0.1, -0.05) is 11.8 Å². The molecule has 10 heteroatoms. The zero-order chi connectivity index (χ0) is 19.5. The maximum absolute atomic E-state index is 12.6. The lowest BCUT2D eigenvalue weighted by atomic mass is 10.3. The Morgan fingerprint density at radius 3 is 2.82 bits per heavy atom. The minimum atomic E-state index is -0.753. The van der Waals surface area contributed by atoms with Crippen LogP contribution in [0.3, 0.4) is 0 Å². The normalized spacial score (nSPS) is 18.2. The number of fused-ring (bicyclic) bond motifs is 1. The van der Waals surface area contributed by atoms with Crippen molar-refractivity contribution in [2.75, 3.05) is 10.6 Å². The van der Waals surface area contributed by atoms with Crippen LogP contribution in [-0.4, -0.2) is 34.4 Å². The number of aromatic nitrogens is 1. The second-order valence-electron chi connectivity index (χ2n) is 6.43. The summed E-state index contributed by atoms with van der Waals surface area (Å²) in [6, 6.07) is 3.40. The average Bonchev–Trinajstić information content (AvgIpc) is 3.41. The number of thiophene rings is 1. The number of carbonyl (C=O) groups excluding carboxylic acids is 3. The molecule has 3 heterocycles. The lowest BCUT2D eigenvalue weighted by molar-refractivity contribution is -0.115. The number of rotatable bonds is 4. The van der Waals surface area contributed by atoms with Gasteiger partial charge in [0.2, 0.25) is 0 Å². The molecule has 1 saturated carbocycles. The zero-order valence-corrected chi connectivity index (χ0v) is 16.4. The van der Waals surface area contributed by atoms with Crippen LogP contribution in [0.1, 0.15) is 36.0 Å². The number of imide groups is 1. The number of alkyl carbamates (subject to hydrolysis) is 1. The van der Waals surface area contributed by atoms with E-state index in [4.69, 9.17) is 4.74 Å². The summed E-state index contributed by atoms with van der Waals surface area (Å²) in [5, 5.41) is 9.62. The molecule has 2 aliphatic rings. The minimum absolute atomic E-state index is 0.129. The molecule has 28 heavy (non-hydrogen) atoms. The Hall–Kier alpha value is -2.59. The molecular formula is C18H18N4O4S2. The molecule has 8 nitrogen and oxygen atoms in total. The molecule has 1 aliphatic heterocycles. The highest BCUT2D eigenvalue weighted by atomic mass is 32.2. The lowest BCUT2D eigenvalue weighted by Crippen LogP contribution is -2.34. The number of hydrogen-bond donors (Lipinski definition) is 3. The second kappa shape index (κ2) is 8.19. The van der Waals surface area contributed by atoms with Gasteiger partial charge in [0.1, 0.15) is 11.1 Å². The number of nitrogens with zero attached hydrogens (tertiary/aromatic N) is 1. The Bertz CT molecular complexity index is 885. The van der Waals surface area contributed by atoms with Crippen LogP contribution in [-0.2, 0) is 9.53 Å². The Labute approximate surface area is 169 Å². The van der Waals surface area contributed by atoms with E-state index < -0.39 is 17.4 Å². The molecular weight excluding hydrogens is 400 g/mol. The summed E-state index contributed by atoms with van der Waals surface area (Å²) in [5.74, 6) is -0.884. The van der Waals surface area contributed by atoms with Gasteiger partial charge >= 0.3 is 6.09 Å². The fourth-order valence-corrected chi connectivity index (χ4v) is 4.89. The van der Waals surface area contributed by atoms with Gasteiger partial charge in [0, 0.05) is 11.1 Å². The van der Waals surface area contributed by atoms with Crippen LogP contribution >= 0.6 is 23.1 Å². The molecule has 2 aromatic heterocycles. The minimum Gasteiger partial charge on any atom is -0.446 e. The number of pyridine rings is 1. The molecule has 1 unspecified atom stereocenters. The first kappa shape index (κ1) is 18.8. The third-order valence-corrected chi connectivity index (χ3v) is 6.50. The average molecular weight is 419 g/mol. The number of anilines is 2. The van der Waals surface area contributed by atoms with E-state index in [0.717, 1.165) is 36.3 Å².